The molecule has 0 unspecified atom stereocenters. The Morgan fingerprint density at radius 3 is 2.78 bits per heavy atom. The molecule has 0 bridgehead atoms. The Kier molecular flexibility index (Phi) is 4.19. The van der Waals surface area contributed by atoms with Crippen LogP contribution in [0.5, 0.6) is 0 Å². The molecule has 1 saturated carbocycles. The number of carbonyl (C=O) groups is 1. The van der Waals surface area contributed by atoms with E-state index in [1.54, 1.807) is 16.9 Å². The molecular weight excluding hydrogens is 294 g/mol. The third kappa shape index (κ3) is 2.87. The van der Waals surface area contributed by atoms with Crippen LogP contribution in [0.1, 0.15) is 74.7 Å². The monoisotopic (exact) mass is 317 g/mol. The first-order valence-electron chi connectivity index (χ1n) is 8.25. The summed E-state index contributed by atoms with van der Waals surface area (Å²) in [5, 5.41) is 11.5. The van der Waals surface area contributed by atoms with Crippen LogP contribution in [0.25, 0.3) is 0 Å². The molecule has 0 atom stereocenters. The zero-order valence-corrected chi connectivity index (χ0v) is 13.9. The molecule has 1 aliphatic carbocycles. The Morgan fingerprint density at radius 2 is 2.17 bits per heavy atom. The Bertz CT molecular complexity index is 682. The summed E-state index contributed by atoms with van der Waals surface area (Å²) < 4.78 is 6.98. The normalized spacial score (nSPS) is 16.9. The van der Waals surface area contributed by atoms with Crippen LogP contribution in [0, 0.1) is 0 Å². The highest BCUT2D eigenvalue weighted by atomic mass is 16.5. The van der Waals surface area contributed by atoms with E-state index in [1.807, 2.05) is 20.8 Å². The van der Waals surface area contributed by atoms with Gasteiger partial charge >= 0.3 is 0 Å². The molecule has 0 saturated heterocycles. The molecule has 124 valence electrons. The third-order valence-electron chi connectivity index (χ3n) is 4.40. The highest BCUT2D eigenvalue weighted by Crippen LogP contribution is 2.37. The van der Waals surface area contributed by atoms with E-state index in [0.717, 1.165) is 25.7 Å². The van der Waals surface area contributed by atoms with Crippen molar-refractivity contribution >= 4 is 5.91 Å². The molecule has 1 amide bonds. The molecule has 0 aliphatic heterocycles. The average molecular weight is 317 g/mol. The van der Waals surface area contributed by atoms with Crippen LogP contribution in [0.2, 0.25) is 0 Å². The van der Waals surface area contributed by atoms with Gasteiger partial charge in [0.1, 0.15) is 11.2 Å². The van der Waals surface area contributed by atoms with Crippen molar-refractivity contribution < 1.29 is 9.32 Å². The lowest BCUT2D eigenvalue weighted by Gasteiger charge is -2.27. The zero-order chi connectivity index (χ0) is 16.4. The zero-order valence-electron chi connectivity index (χ0n) is 13.9. The second-order valence-corrected chi connectivity index (χ2v) is 6.36. The summed E-state index contributed by atoms with van der Waals surface area (Å²) in [6.45, 7) is 5.97. The van der Waals surface area contributed by atoms with Gasteiger partial charge < -0.3 is 9.84 Å². The van der Waals surface area contributed by atoms with Gasteiger partial charge in [-0.15, -0.1) is 0 Å². The molecule has 23 heavy (non-hydrogen) atoms. The number of hydrogen-bond donors (Lipinski definition) is 1. The molecule has 2 aromatic rings. The maximum atomic E-state index is 12.8. The first-order valence-corrected chi connectivity index (χ1v) is 8.25. The number of aromatic nitrogens is 4. The molecule has 0 spiro atoms. The summed E-state index contributed by atoms with van der Waals surface area (Å²) >= 11 is 0. The summed E-state index contributed by atoms with van der Waals surface area (Å²) in [5.41, 5.74) is 0.0329. The van der Waals surface area contributed by atoms with Gasteiger partial charge in [0.15, 0.2) is 5.82 Å². The first kappa shape index (κ1) is 15.7. The Balaban J connectivity index is 1.87. The van der Waals surface area contributed by atoms with Crippen molar-refractivity contribution in [3.63, 3.8) is 0 Å². The minimum atomic E-state index is -0.528. The van der Waals surface area contributed by atoms with Crippen molar-refractivity contribution in [3.05, 3.63) is 29.7 Å². The minimum Gasteiger partial charge on any atom is -0.339 e. The van der Waals surface area contributed by atoms with Crippen molar-refractivity contribution in [3.8, 4) is 0 Å². The van der Waals surface area contributed by atoms with Crippen LogP contribution in [0.4, 0.5) is 0 Å². The van der Waals surface area contributed by atoms with Gasteiger partial charge in [0.25, 0.3) is 5.91 Å². The number of hydrogen-bond acceptors (Lipinski definition) is 5. The van der Waals surface area contributed by atoms with Gasteiger partial charge in [0.2, 0.25) is 5.89 Å². The lowest BCUT2D eigenvalue weighted by molar-refractivity contribution is 0.0878. The fraction of sp³-hybridized carbons (Fsp3) is 0.625. The third-order valence-corrected chi connectivity index (χ3v) is 4.40. The van der Waals surface area contributed by atoms with E-state index in [9.17, 15) is 4.79 Å². The van der Waals surface area contributed by atoms with E-state index < -0.39 is 5.54 Å². The molecule has 0 radical (unpaired) electrons. The molecule has 1 aliphatic rings. The molecule has 2 aromatic heterocycles. The molecular formula is C16H23N5O2. The van der Waals surface area contributed by atoms with Gasteiger partial charge in [-0.2, -0.15) is 10.1 Å². The highest BCUT2D eigenvalue weighted by Gasteiger charge is 2.42. The summed E-state index contributed by atoms with van der Waals surface area (Å²) in [4.78, 5) is 17.2. The van der Waals surface area contributed by atoms with Crippen molar-refractivity contribution in [1.29, 1.82) is 0 Å². The SMILES string of the molecule is CCc1nc(C2(NC(=O)c3ccnn3C(C)C)CCCC2)no1. The van der Waals surface area contributed by atoms with Crippen LogP contribution in [0.15, 0.2) is 16.8 Å². The summed E-state index contributed by atoms with van der Waals surface area (Å²) in [6, 6.07) is 1.87. The van der Waals surface area contributed by atoms with E-state index >= 15 is 0 Å². The van der Waals surface area contributed by atoms with E-state index in [-0.39, 0.29) is 11.9 Å². The number of nitrogens with zero attached hydrogens (tertiary/aromatic N) is 4. The Morgan fingerprint density at radius 1 is 1.43 bits per heavy atom. The van der Waals surface area contributed by atoms with E-state index in [4.69, 9.17) is 4.52 Å². The van der Waals surface area contributed by atoms with Gasteiger partial charge in [0.05, 0.1) is 0 Å². The van der Waals surface area contributed by atoms with Gasteiger partial charge in [-0.25, -0.2) is 0 Å². The van der Waals surface area contributed by atoms with Gasteiger partial charge in [-0.05, 0) is 32.8 Å². The van der Waals surface area contributed by atoms with Gasteiger partial charge in [0, 0.05) is 18.7 Å². The van der Waals surface area contributed by atoms with Gasteiger partial charge in [-0.1, -0.05) is 24.9 Å². The predicted molar refractivity (Wildman–Crippen MR) is 83.9 cm³/mol. The topological polar surface area (TPSA) is 85.8 Å². The lowest BCUT2D eigenvalue weighted by Crippen LogP contribution is -2.45. The summed E-state index contributed by atoms with van der Waals surface area (Å²) in [7, 11) is 0. The molecule has 7 heteroatoms. The second kappa shape index (κ2) is 6.14. The smallest absolute Gasteiger partial charge is 0.270 e. The van der Waals surface area contributed by atoms with Crippen LogP contribution in [-0.2, 0) is 12.0 Å². The predicted octanol–water partition coefficient (Wildman–Crippen LogP) is 2.61. The molecule has 0 aromatic carbocycles. The quantitative estimate of drug-likeness (QED) is 0.916. The number of carbonyl (C=O) groups excluding carboxylic acids is 1. The maximum absolute atomic E-state index is 12.8. The van der Waals surface area contributed by atoms with Crippen LogP contribution in [0.3, 0.4) is 0 Å². The van der Waals surface area contributed by atoms with E-state index in [2.05, 4.69) is 20.6 Å². The number of aryl methyl sites for hydroxylation is 1. The standard InChI is InChI=1S/C16H23N5O2/c1-4-13-18-15(20-23-13)16(8-5-6-9-16)19-14(22)12-7-10-17-21(12)11(2)3/h7,10-11H,4-6,8-9H2,1-3H3,(H,19,22). The molecule has 1 N–H and O–H groups in total. The van der Waals surface area contributed by atoms with E-state index in [1.165, 1.54) is 0 Å². The lowest BCUT2D eigenvalue weighted by atomic mass is 9.96. The maximum Gasteiger partial charge on any atom is 0.270 e. The number of amides is 1. The van der Waals surface area contributed by atoms with Gasteiger partial charge in [-0.3, -0.25) is 9.48 Å². The minimum absolute atomic E-state index is 0.127. The first-order chi connectivity index (χ1) is 11.1. The summed E-state index contributed by atoms with van der Waals surface area (Å²) in [6.07, 6.45) is 6.09. The number of nitrogens with one attached hydrogen (secondary N) is 1. The largest absolute Gasteiger partial charge is 0.339 e. The van der Waals surface area contributed by atoms with E-state index in [0.29, 0.717) is 23.8 Å². The average Bonchev–Trinajstić information content (AvgIpc) is 3.26. The van der Waals surface area contributed by atoms with Crippen LogP contribution >= 0.6 is 0 Å². The van der Waals surface area contributed by atoms with Crippen molar-refractivity contribution in [2.75, 3.05) is 0 Å². The highest BCUT2D eigenvalue weighted by molar-refractivity contribution is 5.93. The van der Waals surface area contributed by atoms with Crippen molar-refractivity contribution in [2.24, 2.45) is 0 Å². The Labute approximate surface area is 135 Å². The second-order valence-electron chi connectivity index (χ2n) is 6.36. The molecule has 3 rings (SSSR count). The fourth-order valence-electron chi connectivity index (χ4n) is 3.16. The Hall–Kier alpha value is -2.18. The molecule has 1 fully saturated rings. The van der Waals surface area contributed by atoms with Crippen molar-refractivity contribution in [1.82, 2.24) is 25.2 Å². The summed E-state index contributed by atoms with van der Waals surface area (Å²) in [5.74, 6) is 1.06. The fourth-order valence-corrected chi connectivity index (χ4v) is 3.16. The number of rotatable bonds is 5. The molecule has 2 heterocycles. The van der Waals surface area contributed by atoms with Crippen molar-refractivity contribution in [2.45, 2.75) is 64.5 Å². The molecule has 7 nitrogen and oxygen atoms in total. The van der Waals surface area contributed by atoms with Crippen LogP contribution < -0.4 is 5.32 Å². The van der Waals surface area contributed by atoms with Crippen LogP contribution in [-0.4, -0.2) is 25.8 Å².